The van der Waals surface area contributed by atoms with E-state index in [9.17, 15) is 0 Å². The Morgan fingerprint density at radius 3 is 2.73 bits per heavy atom. The van der Waals surface area contributed by atoms with E-state index in [0.29, 0.717) is 11.6 Å². The van der Waals surface area contributed by atoms with Gasteiger partial charge in [0.1, 0.15) is 0 Å². The lowest BCUT2D eigenvalue weighted by Crippen LogP contribution is -2.47. The Bertz CT molecular complexity index is 115. The molecule has 0 aromatic carbocycles. The number of nitrogens with one attached hydrogen (secondary N) is 2. The van der Waals surface area contributed by atoms with Gasteiger partial charge in [-0.2, -0.15) is 0 Å². The van der Waals surface area contributed by atoms with Crippen LogP contribution in [-0.4, -0.2) is 24.7 Å². The van der Waals surface area contributed by atoms with Crippen molar-refractivity contribution in [3.63, 3.8) is 0 Å². The second-order valence-electron chi connectivity index (χ2n) is 4.13. The van der Waals surface area contributed by atoms with Gasteiger partial charge in [0.15, 0.2) is 0 Å². The summed E-state index contributed by atoms with van der Waals surface area (Å²) >= 11 is 0. The highest BCUT2D eigenvalue weighted by atomic mass is 15.1. The third-order valence-electron chi connectivity index (χ3n) is 2.36. The van der Waals surface area contributed by atoms with E-state index in [1.165, 1.54) is 19.4 Å². The predicted molar refractivity (Wildman–Crippen MR) is 48.8 cm³/mol. The monoisotopic (exact) mass is 156 g/mol. The summed E-state index contributed by atoms with van der Waals surface area (Å²) in [4.78, 5) is 0. The van der Waals surface area contributed by atoms with Crippen LogP contribution in [0.1, 0.15) is 33.6 Å². The minimum absolute atomic E-state index is 0.365. The summed E-state index contributed by atoms with van der Waals surface area (Å²) < 4.78 is 0. The van der Waals surface area contributed by atoms with Crippen LogP contribution in [-0.2, 0) is 0 Å². The second-order valence-corrected chi connectivity index (χ2v) is 4.13. The van der Waals surface area contributed by atoms with E-state index in [2.05, 4.69) is 31.4 Å². The highest BCUT2D eigenvalue weighted by Gasteiger charge is 2.27. The summed E-state index contributed by atoms with van der Waals surface area (Å²) in [6, 6.07) is 0.606. The first kappa shape index (κ1) is 9.01. The SMILES string of the molecule is CC(C)NCC1(C)CCCN1. The summed E-state index contributed by atoms with van der Waals surface area (Å²) in [7, 11) is 0. The summed E-state index contributed by atoms with van der Waals surface area (Å²) in [5, 5.41) is 6.99. The molecule has 0 saturated carbocycles. The van der Waals surface area contributed by atoms with Crippen molar-refractivity contribution in [2.45, 2.75) is 45.2 Å². The average molecular weight is 156 g/mol. The topological polar surface area (TPSA) is 24.1 Å². The van der Waals surface area contributed by atoms with Crippen LogP contribution >= 0.6 is 0 Å². The first-order valence-electron chi connectivity index (χ1n) is 4.61. The molecule has 11 heavy (non-hydrogen) atoms. The highest BCUT2D eigenvalue weighted by molar-refractivity contribution is 4.90. The zero-order chi connectivity index (χ0) is 8.32. The molecule has 1 heterocycles. The maximum atomic E-state index is 3.53. The van der Waals surface area contributed by atoms with Crippen LogP contribution in [0.2, 0.25) is 0 Å². The van der Waals surface area contributed by atoms with E-state index >= 15 is 0 Å². The van der Waals surface area contributed by atoms with Crippen LogP contribution in [0.15, 0.2) is 0 Å². The van der Waals surface area contributed by atoms with Gasteiger partial charge in [-0.1, -0.05) is 13.8 Å². The van der Waals surface area contributed by atoms with Gasteiger partial charge in [-0.05, 0) is 26.3 Å². The molecule has 0 aliphatic carbocycles. The van der Waals surface area contributed by atoms with Gasteiger partial charge < -0.3 is 10.6 Å². The summed E-state index contributed by atoms with van der Waals surface area (Å²) in [5.74, 6) is 0. The van der Waals surface area contributed by atoms with Crippen molar-refractivity contribution >= 4 is 0 Å². The van der Waals surface area contributed by atoms with Gasteiger partial charge >= 0.3 is 0 Å². The van der Waals surface area contributed by atoms with Crippen LogP contribution in [0.25, 0.3) is 0 Å². The first-order chi connectivity index (χ1) is 5.12. The van der Waals surface area contributed by atoms with Crippen molar-refractivity contribution in [1.82, 2.24) is 10.6 Å². The van der Waals surface area contributed by atoms with E-state index < -0.39 is 0 Å². The molecule has 1 fully saturated rings. The minimum atomic E-state index is 0.365. The molecule has 1 saturated heterocycles. The van der Waals surface area contributed by atoms with Gasteiger partial charge in [0.25, 0.3) is 0 Å². The van der Waals surface area contributed by atoms with Gasteiger partial charge in [0.2, 0.25) is 0 Å². The molecule has 1 aliphatic rings. The molecule has 66 valence electrons. The lowest BCUT2D eigenvalue weighted by Gasteiger charge is -2.25. The molecule has 0 aromatic heterocycles. The van der Waals surface area contributed by atoms with Crippen molar-refractivity contribution in [3.8, 4) is 0 Å². The summed E-state index contributed by atoms with van der Waals surface area (Å²) in [5.41, 5.74) is 0.365. The summed E-state index contributed by atoms with van der Waals surface area (Å²) in [6.07, 6.45) is 2.64. The van der Waals surface area contributed by atoms with Gasteiger partial charge in [-0.25, -0.2) is 0 Å². The third-order valence-corrected chi connectivity index (χ3v) is 2.36. The molecule has 1 unspecified atom stereocenters. The number of hydrogen-bond donors (Lipinski definition) is 2. The van der Waals surface area contributed by atoms with Gasteiger partial charge in [0.05, 0.1) is 0 Å². The molecular weight excluding hydrogens is 136 g/mol. The number of rotatable bonds is 3. The average Bonchev–Trinajstić information content (AvgIpc) is 2.33. The molecule has 2 heteroatoms. The molecule has 0 radical (unpaired) electrons. The Labute approximate surface area is 69.8 Å². The van der Waals surface area contributed by atoms with Gasteiger partial charge in [0, 0.05) is 18.1 Å². The maximum Gasteiger partial charge on any atom is 0.0278 e. The quantitative estimate of drug-likeness (QED) is 0.640. The molecule has 0 aromatic rings. The molecule has 1 rings (SSSR count). The Morgan fingerprint density at radius 2 is 2.27 bits per heavy atom. The maximum absolute atomic E-state index is 3.53. The molecule has 0 bridgehead atoms. The van der Waals surface area contributed by atoms with Crippen molar-refractivity contribution < 1.29 is 0 Å². The minimum Gasteiger partial charge on any atom is -0.313 e. The van der Waals surface area contributed by atoms with Crippen molar-refractivity contribution in [2.75, 3.05) is 13.1 Å². The van der Waals surface area contributed by atoms with E-state index in [1.54, 1.807) is 0 Å². The third kappa shape index (κ3) is 2.80. The Balaban J connectivity index is 2.23. The molecular formula is C9H20N2. The van der Waals surface area contributed by atoms with Crippen LogP contribution in [0.4, 0.5) is 0 Å². The van der Waals surface area contributed by atoms with Crippen molar-refractivity contribution in [3.05, 3.63) is 0 Å². The Hall–Kier alpha value is -0.0800. The largest absolute Gasteiger partial charge is 0.313 e. The molecule has 2 N–H and O–H groups in total. The molecule has 0 amide bonds. The smallest absolute Gasteiger partial charge is 0.0278 e. The van der Waals surface area contributed by atoms with Crippen LogP contribution < -0.4 is 10.6 Å². The fourth-order valence-corrected chi connectivity index (χ4v) is 1.54. The Kier molecular flexibility index (Phi) is 2.90. The normalized spacial score (nSPS) is 31.6. The van der Waals surface area contributed by atoms with Crippen LogP contribution in [0.5, 0.6) is 0 Å². The molecule has 1 aliphatic heterocycles. The van der Waals surface area contributed by atoms with Gasteiger partial charge in [-0.15, -0.1) is 0 Å². The van der Waals surface area contributed by atoms with E-state index in [1.807, 2.05) is 0 Å². The first-order valence-corrected chi connectivity index (χ1v) is 4.61. The molecule has 1 atom stereocenters. The zero-order valence-electron chi connectivity index (χ0n) is 7.91. The second kappa shape index (κ2) is 3.55. The van der Waals surface area contributed by atoms with E-state index in [4.69, 9.17) is 0 Å². The van der Waals surface area contributed by atoms with E-state index in [0.717, 1.165) is 6.54 Å². The standard InChI is InChI=1S/C9H20N2/c1-8(2)10-7-9(3)5-4-6-11-9/h8,10-11H,4-7H2,1-3H3. The zero-order valence-corrected chi connectivity index (χ0v) is 7.91. The van der Waals surface area contributed by atoms with Crippen molar-refractivity contribution in [2.24, 2.45) is 0 Å². The highest BCUT2D eigenvalue weighted by Crippen LogP contribution is 2.16. The predicted octanol–water partition coefficient (Wildman–Crippen LogP) is 1.13. The number of hydrogen-bond acceptors (Lipinski definition) is 2. The lowest BCUT2D eigenvalue weighted by atomic mass is 10.0. The fraction of sp³-hybridized carbons (Fsp3) is 1.00. The van der Waals surface area contributed by atoms with Crippen LogP contribution in [0.3, 0.4) is 0 Å². The van der Waals surface area contributed by atoms with Gasteiger partial charge in [-0.3, -0.25) is 0 Å². The summed E-state index contributed by atoms with van der Waals surface area (Å²) in [6.45, 7) is 8.98. The fourth-order valence-electron chi connectivity index (χ4n) is 1.54. The Morgan fingerprint density at radius 1 is 1.55 bits per heavy atom. The molecule has 2 nitrogen and oxygen atoms in total. The molecule has 0 spiro atoms. The van der Waals surface area contributed by atoms with Crippen molar-refractivity contribution in [1.29, 1.82) is 0 Å². The van der Waals surface area contributed by atoms with E-state index in [-0.39, 0.29) is 0 Å². The van der Waals surface area contributed by atoms with Crippen LogP contribution in [0, 0.1) is 0 Å². The lowest BCUT2D eigenvalue weighted by molar-refractivity contribution is 0.370.